The zero-order valence-corrected chi connectivity index (χ0v) is 11.7. The Bertz CT molecular complexity index is 516. The third kappa shape index (κ3) is 4.38. The molecule has 0 spiro atoms. The summed E-state index contributed by atoms with van der Waals surface area (Å²) in [5, 5.41) is 11.6. The van der Waals surface area contributed by atoms with E-state index in [4.69, 9.17) is 14.2 Å². The quantitative estimate of drug-likeness (QED) is 0.767. The van der Waals surface area contributed by atoms with E-state index in [9.17, 15) is 4.57 Å². The molecule has 0 aliphatic rings. The normalized spacial score (nSPS) is 13.4. The van der Waals surface area contributed by atoms with Crippen molar-refractivity contribution in [1.29, 1.82) is 0 Å². The number of hydrogen-bond acceptors (Lipinski definition) is 4. The van der Waals surface area contributed by atoms with Crippen molar-refractivity contribution in [3.05, 3.63) is 60.7 Å². The summed E-state index contributed by atoms with van der Waals surface area (Å²) >= 11 is 0. The van der Waals surface area contributed by atoms with Crippen LogP contribution in [0, 0.1) is 0 Å². The van der Waals surface area contributed by atoms with E-state index in [0.29, 0.717) is 11.4 Å². The number of benzene rings is 2. The van der Waals surface area contributed by atoms with Crippen LogP contribution in [0.4, 0.5) is 5.69 Å². The monoisotopic (exact) mass is 293 g/mol. The van der Waals surface area contributed by atoms with E-state index in [1.54, 1.807) is 48.5 Å². The van der Waals surface area contributed by atoms with Crippen LogP contribution in [0.1, 0.15) is 0 Å². The second-order valence-electron chi connectivity index (χ2n) is 3.94. The molecule has 106 valence electrons. The lowest BCUT2D eigenvalue weighted by atomic mass is 10.3. The molecule has 2 aromatic carbocycles. The molecule has 0 fully saturated rings. The van der Waals surface area contributed by atoms with Crippen molar-refractivity contribution in [2.45, 2.75) is 0 Å². The maximum atomic E-state index is 12.6. The van der Waals surface area contributed by atoms with Gasteiger partial charge in [-0.25, -0.2) is 4.57 Å². The Morgan fingerprint density at radius 2 is 1.60 bits per heavy atom. The topological polar surface area (TPSA) is 67.8 Å². The zero-order chi connectivity index (χ0) is 14.3. The molecule has 2 aromatic rings. The van der Waals surface area contributed by atoms with Crippen molar-refractivity contribution in [3.63, 3.8) is 0 Å². The van der Waals surface area contributed by atoms with Gasteiger partial charge in [0.1, 0.15) is 5.75 Å². The number of nitrogens with one attached hydrogen (secondary N) is 1. The highest BCUT2D eigenvalue weighted by atomic mass is 31.2. The summed E-state index contributed by atoms with van der Waals surface area (Å²) in [6.45, 7) is -0.317. The van der Waals surface area contributed by atoms with E-state index in [2.05, 4.69) is 5.09 Å². The molecule has 1 unspecified atom stereocenters. The average molecular weight is 293 g/mol. The largest absolute Gasteiger partial charge is 0.486 e. The van der Waals surface area contributed by atoms with Crippen molar-refractivity contribution < 1.29 is 18.7 Å². The molecule has 2 N–H and O–H groups in total. The summed E-state index contributed by atoms with van der Waals surface area (Å²) in [5.41, 5.74) is 0.615. The molecule has 0 aromatic heterocycles. The van der Waals surface area contributed by atoms with Crippen molar-refractivity contribution in [3.8, 4) is 5.75 Å². The molecule has 5 nitrogen and oxygen atoms in total. The van der Waals surface area contributed by atoms with E-state index < -0.39 is 7.75 Å². The highest BCUT2D eigenvalue weighted by molar-refractivity contribution is 7.55. The Labute approximate surface area is 117 Å². The van der Waals surface area contributed by atoms with Crippen LogP contribution < -0.4 is 9.61 Å². The minimum atomic E-state index is -3.59. The molecule has 0 saturated heterocycles. The van der Waals surface area contributed by atoms with Crippen LogP contribution in [0.3, 0.4) is 0 Å². The Hall–Kier alpha value is -1.81. The zero-order valence-electron chi connectivity index (χ0n) is 10.8. The molecule has 0 saturated carbocycles. The van der Waals surface area contributed by atoms with Gasteiger partial charge in [0.25, 0.3) is 0 Å². The number of para-hydroxylation sites is 2. The summed E-state index contributed by atoms with van der Waals surface area (Å²) < 4.78 is 23.2. The van der Waals surface area contributed by atoms with Crippen LogP contribution in [0.25, 0.3) is 0 Å². The Morgan fingerprint density at radius 3 is 2.20 bits per heavy atom. The number of aliphatic hydroxyl groups excluding tert-OH is 1. The van der Waals surface area contributed by atoms with Gasteiger partial charge in [0, 0.05) is 5.69 Å². The van der Waals surface area contributed by atoms with E-state index in [1.807, 2.05) is 12.1 Å². The summed E-state index contributed by atoms with van der Waals surface area (Å²) in [4.78, 5) is 0. The van der Waals surface area contributed by atoms with Gasteiger partial charge in [-0.3, -0.25) is 9.61 Å². The van der Waals surface area contributed by atoms with Crippen LogP contribution in [0.5, 0.6) is 5.75 Å². The summed E-state index contributed by atoms with van der Waals surface area (Å²) in [6, 6.07) is 17.7. The first-order chi connectivity index (χ1) is 9.72. The molecule has 0 amide bonds. The van der Waals surface area contributed by atoms with Crippen LogP contribution in [-0.4, -0.2) is 18.3 Å². The van der Waals surface area contributed by atoms with Crippen LogP contribution in [0.2, 0.25) is 0 Å². The molecule has 0 radical (unpaired) electrons. The fourth-order valence-corrected chi connectivity index (χ4v) is 2.88. The maximum Gasteiger partial charge on any atom is 0.486 e. The van der Waals surface area contributed by atoms with Crippen molar-refractivity contribution >= 4 is 13.4 Å². The van der Waals surface area contributed by atoms with Gasteiger partial charge >= 0.3 is 7.75 Å². The first-order valence-corrected chi connectivity index (χ1v) is 7.69. The van der Waals surface area contributed by atoms with Crippen molar-refractivity contribution in [1.82, 2.24) is 0 Å². The number of rotatable bonds is 7. The van der Waals surface area contributed by atoms with Gasteiger partial charge < -0.3 is 9.63 Å². The van der Waals surface area contributed by atoms with Gasteiger partial charge in [-0.15, -0.1) is 0 Å². The smallest absolute Gasteiger partial charge is 0.409 e. The fourth-order valence-electron chi connectivity index (χ4n) is 1.53. The van der Waals surface area contributed by atoms with Crippen LogP contribution in [-0.2, 0) is 9.09 Å². The average Bonchev–Trinajstić information content (AvgIpc) is 2.47. The molecule has 20 heavy (non-hydrogen) atoms. The second kappa shape index (κ2) is 7.10. The standard InChI is InChI=1S/C14H16NO4P/c16-11-12-18-20(17,15-13-7-3-1-4-8-13)19-14-9-5-2-6-10-14/h1-10,16H,11-12H2,(H,15,17). The molecule has 1 atom stereocenters. The number of hydrogen-bond donors (Lipinski definition) is 2. The lowest BCUT2D eigenvalue weighted by Gasteiger charge is -2.20. The Kier molecular flexibility index (Phi) is 5.18. The van der Waals surface area contributed by atoms with Gasteiger partial charge in [0.05, 0.1) is 13.2 Å². The van der Waals surface area contributed by atoms with E-state index >= 15 is 0 Å². The van der Waals surface area contributed by atoms with Gasteiger partial charge in [-0.1, -0.05) is 36.4 Å². The molecule has 2 rings (SSSR count). The summed E-state index contributed by atoms with van der Waals surface area (Å²) in [5.74, 6) is 0.428. The second-order valence-corrected chi connectivity index (χ2v) is 5.60. The first-order valence-electron chi connectivity index (χ1n) is 6.15. The number of aliphatic hydroxyl groups is 1. The van der Waals surface area contributed by atoms with Crippen LogP contribution >= 0.6 is 7.75 Å². The minimum Gasteiger partial charge on any atom is -0.409 e. The SMILES string of the molecule is O=P(Nc1ccccc1)(OCCO)Oc1ccccc1. The third-order valence-corrected chi connectivity index (χ3v) is 3.87. The van der Waals surface area contributed by atoms with E-state index in [-0.39, 0.29) is 13.2 Å². The van der Waals surface area contributed by atoms with Crippen molar-refractivity contribution in [2.75, 3.05) is 18.3 Å². The molecule has 6 heteroatoms. The highest BCUT2D eigenvalue weighted by Gasteiger charge is 2.26. The lowest BCUT2D eigenvalue weighted by Crippen LogP contribution is -2.09. The minimum absolute atomic E-state index is 0.0794. The summed E-state index contributed by atoms with van der Waals surface area (Å²) in [6.07, 6.45) is 0. The third-order valence-electron chi connectivity index (χ3n) is 2.36. The van der Waals surface area contributed by atoms with Gasteiger partial charge in [-0.05, 0) is 24.3 Å². The molecule has 0 bridgehead atoms. The molecular weight excluding hydrogens is 277 g/mol. The highest BCUT2D eigenvalue weighted by Crippen LogP contribution is 2.47. The van der Waals surface area contributed by atoms with Gasteiger partial charge in [0.15, 0.2) is 0 Å². The van der Waals surface area contributed by atoms with Gasteiger partial charge in [-0.2, -0.15) is 0 Å². The van der Waals surface area contributed by atoms with E-state index in [0.717, 1.165) is 0 Å². The van der Waals surface area contributed by atoms with E-state index in [1.165, 1.54) is 0 Å². The van der Waals surface area contributed by atoms with Crippen molar-refractivity contribution in [2.24, 2.45) is 0 Å². The maximum absolute atomic E-state index is 12.6. The Balaban J connectivity index is 2.15. The fraction of sp³-hybridized carbons (Fsp3) is 0.143. The predicted octanol–water partition coefficient (Wildman–Crippen LogP) is 3.29. The first kappa shape index (κ1) is 14.6. The molecule has 0 aliphatic carbocycles. The Morgan fingerprint density at radius 1 is 1.00 bits per heavy atom. The molecule has 0 aliphatic heterocycles. The van der Waals surface area contributed by atoms with Crippen LogP contribution in [0.15, 0.2) is 60.7 Å². The van der Waals surface area contributed by atoms with Gasteiger partial charge in [0.2, 0.25) is 0 Å². The number of anilines is 1. The predicted molar refractivity (Wildman–Crippen MR) is 77.8 cm³/mol. The lowest BCUT2D eigenvalue weighted by molar-refractivity contribution is 0.187. The molecular formula is C14H16NO4P. The summed E-state index contributed by atoms with van der Waals surface area (Å²) in [7, 11) is -3.59. The molecule has 0 heterocycles.